The van der Waals surface area contributed by atoms with Crippen LogP contribution in [-0.2, 0) is 0 Å². The summed E-state index contributed by atoms with van der Waals surface area (Å²) in [5.41, 5.74) is 1.05. The van der Waals surface area contributed by atoms with Crippen LogP contribution in [0.3, 0.4) is 0 Å². The van der Waals surface area contributed by atoms with Gasteiger partial charge in [0.2, 0.25) is 0 Å². The Morgan fingerprint density at radius 1 is 1.46 bits per heavy atom. The Morgan fingerprint density at radius 3 is 2.54 bits per heavy atom. The lowest BCUT2D eigenvalue weighted by Crippen LogP contribution is -1.82. The summed E-state index contributed by atoms with van der Waals surface area (Å²) in [4.78, 5) is 5.16. The van der Waals surface area contributed by atoms with E-state index in [2.05, 4.69) is 11.1 Å². The molecular weight excluding hydrogens is 180 g/mol. The fourth-order valence-electron chi connectivity index (χ4n) is 1.16. The van der Waals surface area contributed by atoms with E-state index < -0.39 is 0 Å². The highest BCUT2D eigenvalue weighted by atomic mass is 32.1. The third-order valence-electron chi connectivity index (χ3n) is 1.83. The van der Waals surface area contributed by atoms with Crippen LogP contribution >= 0.6 is 11.3 Å². The van der Waals surface area contributed by atoms with Crippen molar-refractivity contribution in [2.45, 2.75) is 39.5 Å². The van der Waals surface area contributed by atoms with Crippen LogP contribution in [0.15, 0.2) is 0 Å². The average Bonchev–Trinajstić information content (AvgIpc) is 2.93. The molecule has 0 radical (unpaired) electrons. The molecule has 1 aliphatic rings. The van der Waals surface area contributed by atoms with Gasteiger partial charge in [0.15, 0.2) is 0 Å². The van der Waals surface area contributed by atoms with Gasteiger partial charge < -0.3 is 0 Å². The lowest BCUT2D eigenvalue weighted by molar-refractivity contribution is 1.03. The van der Waals surface area contributed by atoms with Gasteiger partial charge in [-0.15, -0.1) is 11.3 Å². The maximum absolute atomic E-state index is 8.73. The maximum atomic E-state index is 8.73. The molecule has 0 N–H and O–H groups in total. The van der Waals surface area contributed by atoms with E-state index >= 15 is 0 Å². The minimum Gasteiger partial charge on any atom is -0.245 e. The molecule has 1 aromatic rings. The molecule has 1 aromatic heterocycles. The molecule has 1 saturated carbocycles. The van der Waals surface area contributed by atoms with Crippen molar-refractivity contribution in [3.8, 4) is 6.07 Å². The Hall–Kier alpha value is -0.880. The van der Waals surface area contributed by atoms with E-state index in [1.165, 1.54) is 24.2 Å². The van der Waals surface area contributed by atoms with Crippen molar-refractivity contribution in [3.05, 3.63) is 15.6 Å². The highest BCUT2D eigenvalue weighted by molar-refractivity contribution is 7.12. The zero-order valence-corrected chi connectivity index (χ0v) is 9.11. The zero-order valence-electron chi connectivity index (χ0n) is 8.29. The molecule has 3 heteroatoms. The SMILES string of the molecule is CC.Cc1nc(C2CC2)c(C#N)s1. The molecule has 0 atom stereocenters. The molecule has 0 amide bonds. The van der Waals surface area contributed by atoms with E-state index in [-0.39, 0.29) is 0 Å². The van der Waals surface area contributed by atoms with E-state index in [0.29, 0.717) is 5.92 Å². The number of aromatic nitrogens is 1. The third-order valence-corrected chi connectivity index (χ3v) is 2.72. The Kier molecular flexibility index (Phi) is 3.44. The maximum Gasteiger partial charge on any atom is 0.128 e. The number of nitrogens with zero attached hydrogens (tertiary/aromatic N) is 2. The van der Waals surface area contributed by atoms with Crippen molar-refractivity contribution >= 4 is 11.3 Å². The summed E-state index contributed by atoms with van der Waals surface area (Å²) in [6.07, 6.45) is 2.44. The van der Waals surface area contributed by atoms with E-state index in [4.69, 9.17) is 5.26 Å². The van der Waals surface area contributed by atoms with Crippen molar-refractivity contribution < 1.29 is 0 Å². The second kappa shape index (κ2) is 4.38. The van der Waals surface area contributed by atoms with Gasteiger partial charge in [-0.1, -0.05) is 13.8 Å². The number of rotatable bonds is 1. The predicted molar refractivity (Wildman–Crippen MR) is 54.9 cm³/mol. The van der Waals surface area contributed by atoms with Gasteiger partial charge in [0, 0.05) is 5.92 Å². The molecule has 0 bridgehead atoms. The summed E-state index contributed by atoms with van der Waals surface area (Å²) in [6.45, 7) is 5.96. The Morgan fingerprint density at radius 2 is 2.08 bits per heavy atom. The molecule has 1 fully saturated rings. The summed E-state index contributed by atoms with van der Waals surface area (Å²) in [6, 6.07) is 2.19. The van der Waals surface area contributed by atoms with Gasteiger partial charge in [-0.25, -0.2) is 4.98 Å². The van der Waals surface area contributed by atoms with Crippen molar-refractivity contribution in [2.24, 2.45) is 0 Å². The number of nitriles is 1. The summed E-state index contributed by atoms with van der Waals surface area (Å²) in [5.74, 6) is 0.606. The lowest BCUT2D eigenvalue weighted by atomic mass is 10.3. The molecule has 0 saturated heterocycles. The lowest BCUT2D eigenvalue weighted by Gasteiger charge is -1.86. The standard InChI is InChI=1S/C8H8N2S.C2H6/c1-5-10-8(6-2-3-6)7(4-9)11-5;1-2/h6H,2-3H2,1H3;1-2H3. The Labute approximate surface area is 83.2 Å². The van der Waals surface area contributed by atoms with E-state index in [9.17, 15) is 0 Å². The monoisotopic (exact) mass is 194 g/mol. The molecule has 1 aliphatic carbocycles. The molecule has 0 spiro atoms. The van der Waals surface area contributed by atoms with Crippen LogP contribution in [0.25, 0.3) is 0 Å². The van der Waals surface area contributed by atoms with Crippen molar-refractivity contribution in [2.75, 3.05) is 0 Å². The summed E-state index contributed by atoms with van der Waals surface area (Å²) in [7, 11) is 0. The van der Waals surface area contributed by atoms with Gasteiger partial charge >= 0.3 is 0 Å². The first-order valence-electron chi connectivity index (χ1n) is 4.68. The predicted octanol–water partition coefficient (Wildman–Crippen LogP) is 3.23. The van der Waals surface area contributed by atoms with Gasteiger partial charge in [-0.05, 0) is 19.8 Å². The molecule has 0 aliphatic heterocycles. The van der Waals surface area contributed by atoms with Crippen LogP contribution in [0, 0.1) is 18.3 Å². The number of hydrogen-bond donors (Lipinski definition) is 0. The molecule has 70 valence electrons. The fourth-order valence-corrected chi connectivity index (χ4v) is 1.96. The van der Waals surface area contributed by atoms with Crippen molar-refractivity contribution in [3.63, 3.8) is 0 Å². The molecule has 2 rings (SSSR count). The smallest absolute Gasteiger partial charge is 0.128 e. The molecule has 0 aromatic carbocycles. The van der Waals surface area contributed by atoms with E-state index in [1.54, 1.807) is 0 Å². The topological polar surface area (TPSA) is 36.7 Å². The quantitative estimate of drug-likeness (QED) is 0.688. The van der Waals surface area contributed by atoms with Gasteiger partial charge in [-0.3, -0.25) is 0 Å². The number of hydrogen-bond acceptors (Lipinski definition) is 3. The van der Waals surface area contributed by atoms with E-state index in [1.807, 2.05) is 20.8 Å². The highest BCUT2D eigenvalue weighted by Gasteiger charge is 2.29. The van der Waals surface area contributed by atoms with E-state index in [0.717, 1.165) is 15.6 Å². The fraction of sp³-hybridized carbons (Fsp3) is 0.600. The first-order chi connectivity index (χ1) is 6.31. The molecule has 13 heavy (non-hydrogen) atoms. The zero-order chi connectivity index (χ0) is 9.84. The van der Waals surface area contributed by atoms with Gasteiger partial charge in [0.05, 0.1) is 10.7 Å². The largest absolute Gasteiger partial charge is 0.245 e. The minimum absolute atomic E-state index is 0.606. The number of thiazole rings is 1. The highest BCUT2D eigenvalue weighted by Crippen LogP contribution is 2.42. The first-order valence-corrected chi connectivity index (χ1v) is 5.50. The Balaban J connectivity index is 0.000000396. The van der Waals surface area contributed by atoms with Crippen molar-refractivity contribution in [1.82, 2.24) is 4.98 Å². The number of aryl methyl sites for hydroxylation is 1. The molecule has 0 unspecified atom stereocenters. The van der Waals surface area contributed by atoms with Crippen LogP contribution in [0.5, 0.6) is 0 Å². The third kappa shape index (κ3) is 2.28. The summed E-state index contributed by atoms with van der Waals surface area (Å²) < 4.78 is 0. The van der Waals surface area contributed by atoms with Crippen LogP contribution in [-0.4, -0.2) is 4.98 Å². The Bertz CT molecular complexity index is 318. The normalized spacial score (nSPS) is 14.3. The van der Waals surface area contributed by atoms with Crippen LogP contribution < -0.4 is 0 Å². The van der Waals surface area contributed by atoms with Gasteiger partial charge in [-0.2, -0.15) is 5.26 Å². The molecule has 1 heterocycles. The molecule has 2 nitrogen and oxygen atoms in total. The van der Waals surface area contributed by atoms with Crippen LogP contribution in [0.1, 0.15) is 48.2 Å². The van der Waals surface area contributed by atoms with Gasteiger partial charge in [0.25, 0.3) is 0 Å². The first kappa shape index (κ1) is 10.2. The van der Waals surface area contributed by atoms with Crippen LogP contribution in [0.4, 0.5) is 0 Å². The van der Waals surface area contributed by atoms with Crippen LogP contribution in [0.2, 0.25) is 0 Å². The van der Waals surface area contributed by atoms with Crippen molar-refractivity contribution in [1.29, 1.82) is 5.26 Å². The second-order valence-electron chi connectivity index (χ2n) is 2.83. The van der Waals surface area contributed by atoms with Gasteiger partial charge in [0.1, 0.15) is 10.9 Å². The minimum atomic E-state index is 0.606. The average molecular weight is 194 g/mol. The summed E-state index contributed by atoms with van der Waals surface area (Å²) >= 11 is 1.51. The second-order valence-corrected chi connectivity index (χ2v) is 4.04. The molecular formula is C10H14N2S. The summed E-state index contributed by atoms with van der Waals surface area (Å²) in [5, 5.41) is 9.75.